The summed E-state index contributed by atoms with van der Waals surface area (Å²) in [5, 5.41) is 3.88. The summed E-state index contributed by atoms with van der Waals surface area (Å²) in [6.07, 6.45) is 1.33. The average molecular weight is 313 g/mol. The maximum Gasteiger partial charge on any atom is 0.247 e. The van der Waals surface area contributed by atoms with Crippen molar-refractivity contribution in [3.05, 3.63) is 53.7 Å². The van der Waals surface area contributed by atoms with E-state index in [0.29, 0.717) is 31.4 Å². The predicted molar refractivity (Wildman–Crippen MR) is 84.4 cm³/mol. The van der Waals surface area contributed by atoms with Crippen LogP contribution in [-0.4, -0.2) is 40.6 Å². The molecule has 1 aromatic carbocycles. The molecule has 1 unspecified atom stereocenters. The fourth-order valence-electron chi connectivity index (χ4n) is 2.51. The van der Waals surface area contributed by atoms with Gasteiger partial charge in [0, 0.05) is 19.5 Å². The first-order valence-corrected chi connectivity index (χ1v) is 7.58. The van der Waals surface area contributed by atoms with E-state index in [4.69, 9.17) is 9.26 Å². The summed E-state index contributed by atoms with van der Waals surface area (Å²) >= 11 is 0. The van der Waals surface area contributed by atoms with Gasteiger partial charge in [0.2, 0.25) is 17.6 Å². The zero-order valence-electron chi connectivity index (χ0n) is 13.2. The lowest BCUT2D eigenvalue weighted by molar-refractivity contribution is -0.134. The topological polar surface area (TPSA) is 68.5 Å². The van der Waals surface area contributed by atoms with Gasteiger partial charge in [-0.05, 0) is 18.1 Å². The SMILES string of the molecule is CC(=CC(=O)N1CCOC(c2noc(C)n2)C1)c1ccccc1. The number of hydrogen-bond acceptors (Lipinski definition) is 5. The minimum absolute atomic E-state index is 0.0279. The van der Waals surface area contributed by atoms with Crippen molar-refractivity contribution in [1.82, 2.24) is 15.0 Å². The fraction of sp³-hybridized carbons (Fsp3) is 0.353. The van der Waals surface area contributed by atoms with Crippen molar-refractivity contribution >= 4 is 11.5 Å². The highest BCUT2D eigenvalue weighted by Gasteiger charge is 2.27. The largest absolute Gasteiger partial charge is 0.366 e. The molecule has 2 aromatic rings. The van der Waals surface area contributed by atoms with Crippen molar-refractivity contribution < 1.29 is 14.1 Å². The Balaban J connectivity index is 1.70. The summed E-state index contributed by atoms with van der Waals surface area (Å²) in [7, 11) is 0. The molecule has 1 fully saturated rings. The minimum atomic E-state index is -0.337. The number of benzene rings is 1. The van der Waals surface area contributed by atoms with Gasteiger partial charge in [0.1, 0.15) is 6.10 Å². The van der Waals surface area contributed by atoms with Crippen molar-refractivity contribution in [1.29, 1.82) is 0 Å². The van der Waals surface area contributed by atoms with Gasteiger partial charge in [-0.15, -0.1) is 0 Å². The van der Waals surface area contributed by atoms with Crippen molar-refractivity contribution in [2.75, 3.05) is 19.7 Å². The van der Waals surface area contributed by atoms with Crippen LogP contribution in [0, 0.1) is 6.92 Å². The van der Waals surface area contributed by atoms with E-state index in [0.717, 1.165) is 11.1 Å². The van der Waals surface area contributed by atoms with Crippen molar-refractivity contribution in [3.8, 4) is 0 Å². The molecule has 0 N–H and O–H groups in total. The van der Waals surface area contributed by atoms with Gasteiger partial charge in [-0.1, -0.05) is 35.5 Å². The van der Waals surface area contributed by atoms with Gasteiger partial charge in [0.15, 0.2) is 0 Å². The maximum absolute atomic E-state index is 12.5. The molecule has 1 atom stereocenters. The fourth-order valence-corrected chi connectivity index (χ4v) is 2.51. The number of allylic oxidation sites excluding steroid dienone is 1. The molecule has 6 nitrogen and oxygen atoms in total. The molecule has 0 spiro atoms. The molecule has 120 valence electrons. The molecule has 2 heterocycles. The van der Waals surface area contributed by atoms with Crippen molar-refractivity contribution in [3.63, 3.8) is 0 Å². The third-order valence-corrected chi connectivity index (χ3v) is 3.78. The monoisotopic (exact) mass is 313 g/mol. The molecule has 0 bridgehead atoms. The molecule has 1 amide bonds. The van der Waals surface area contributed by atoms with Crippen LogP contribution in [0.4, 0.5) is 0 Å². The van der Waals surface area contributed by atoms with Gasteiger partial charge < -0.3 is 14.2 Å². The lowest BCUT2D eigenvalue weighted by atomic mass is 10.1. The predicted octanol–water partition coefficient (Wildman–Crippen LogP) is 2.38. The molecule has 0 aliphatic carbocycles. The molecule has 3 rings (SSSR count). The lowest BCUT2D eigenvalue weighted by Crippen LogP contribution is -2.41. The molecule has 0 saturated carbocycles. The summed E-state index contributed by atoms with van der Waals surface area (Å²) in [6.45, 7) is 5.12. The van der Waals surface area contributed by atoms with Crippen LogP contribution in [0.1, 0.15) is 30.3 Å². The Morgan fingerprint density at radius 2 is 2.13 bits per heavy atom. The maximum atomic E-state index is 12.5. The Hall–Kier alpha value is -2.47. The molecule has 1 aliphatic rings. The van der Waals surface area contributed by atoms with Crippen LogP contribution in [0.2, 0.25) is 0 Å². The van der Waals surface area contributed by atoms with E-state index in [-0.39, 0.29) is 12.0 Å². The van der Waals surface area contributed by atoms with E-state index in [1.54, 1.807) is 17.9 Å². The second kappa shape index (κ2) is 6.75. The molecule has 1 saturated heterocycles. The molecule has 1 aromatic heterocycles. The Morgan fingerprint density at radius 3 is 2.83 bits per heavy atom. The third kappa shape index (κ3) is 3.65. The Morgan fingerprint density at radius 1 is 1.35 bits per heavy atom. The summed E-state index contributed by atoms with van der Waals surface area (Å²) in [5.41, 5.74) is 1.98. The first kappa shape index (κ1) is 15.4. The van der Waals surface area contributed by atoms with E-state index < -0.39 is 0 Å². The molecular formula is C17H19N3O3. The number of carbonyl (C=O) groups excluding carboxylic acids is 1. The van der Waals surface area contributed by atoms with Gasteiger partial charge in [0.05, 0.1) is 13.2 Å². The van der Waals surface area contributed by atoms with E-state index >= 15 is 0 Å². The van der Waals surface area contributed by atoms with Gasteiger partial charge in [0.25, 0.3) is 0 Å². The number of ether oxygens (including phenoxy) is 1. The molecule has 23 heavy (non-hydrogen) atoms. The summed E-state index contributed by atoms with van der Waals surface area (Å²) in [4.78, 5) is 18.4. The number of nitrogens with zero attached hydrogens (tertiary/aromatic N) is 3. The van der Waals surface area contributed by atoms with Crippen LogP contribution in [-0.2, 0) is 9.53 Å². The van der Waals surface area contributed by atoms with E-state index in [1.165, 1.54) is 0 Å². The lowest BCUT2D eigenvalue weighted by Gasteiger charge is -2.30. The van der Waals surface area contributed by atoms with Gasteiger partial charge in [-0.25, -0.2) is 0 Å². The van der Waals surface area contributed by atoms with Crippen molar-refractivity contribution in [2.45, 2.75) is 20.0 Å². The van der Waals surface area contributed by atoms with E-state index in [9.17, 15) is 4.79 Å². The number of morpholine rings is 1. The smallest absolute Gasteiger partial charge is 0.247 e. The molecule has 0 radical (unpaired) electrons. The van der Waals surface area contributed by atoms with Crippen LogP contribution in [0.15, 0.2) is 40.9 Å². The highest BCUT2D eigenvalue weighted by molar-refractivity contribution is 5.94. The number of amides is 1. The van der Waals surface area contributed by atoms with Gasteiger partial charge >= 0.3 is 0 Å². The van der Waals surface area contributed by atoms with E-state index in [2.05, 4.69) is 10.1 Å². The van der Waals surface area contributed by atoms with Gasteiger partial charge in [-0.2, -0.15) is 4.98 Å². The zero-order valence-corrected chi connectivity index (χ0v) is 13.2. The standard InChI is InChI=1S/C17H19N3O3/c1-12(14-6-4-3-5-7-14)10-16(21)20-8-9-22-15(11-20)17-18-13(2)23-19-17/h3-7,10,15H,8-9,11H2,1-2H3. The van der Waals surface area contributed by atoms with Gasteiger partial charge in [-0.3, -0.25) is 4.79 Å². The molecular weight excluding hydrogens is 294 g/mol. The number of rotatable bonds is 3. The Labute approximate surface area is 134 Å². The van der Waals surface area contributed by atoms with Crippen LogP contribution >= 0.6 is 0 Å². The summed E-state index contributed by atoms with van der Waals surface area (Å²) < 4.78 is 10.6. The second-order valence-corrected chi connectivity index (χ2v) is 5.51. The third-order valence-electron chi connectivity index (χ3n) is 3.78. The first-order chi connectivity index (χ1) is 11.1. The van der Waals surface area contributed by atoms with Crippen LogP contribution in [0.3, 0.4) is 0 Å². The summed E-state index contributed by atoms with van der Waals surface area (Å²) in [5.74, 6) is 0.954. The highest BCUT2D eigenvalue weighted by atomic mass is 16.5. The second-order valence-electron chi connectivity index (χ2n) is 5.51. The zero-order chi connectivity index (χ0) is 16.2. The van der Waals surface area contributed by atoms with Crippen LogP contribution < -0.4 is 0 Å². The van der Waals surface area contributed by atoms with Crippen molar-refractivity contribution in [2.24, 2.45) is 0 Å². The average Bonchev–Trinajstić information content (AvgIpc) is 3.02. The number of hydrogen-bond donors (Lipinski definition) is 0. The normalized spacial score (nSPS) is 19.0. The summed E-state index contributed by atoms with van der Waals surface area (Å²) in [6, 6.07) is 9.85. The number of carbonyl (C=O) groups is 1. The molecule has 1 aliphatic heterocycles. The Kier molecular flexibility index (Phi) is 4.52. The van der Waals surface area contributed by atoms with E-state index in [1.807, 2.05) is 37.3 Å². The first-order valence-electron chi connectivity index (χ1n) is 7.58. The highest BCUT2D eigenvalue weighted by Crippen LogP contribution is 2.21. The number of aromatic nitrogens is 2. The quantitative estimate of drug-likeness (QED) is 0.814. The van der Waals surface area contributed by atoms with Crippen LogP contribution in [0.25, 0.3) is 5.57 Å². The number of aryl methyl sites for hydroxylation is 1. The van der Waals surface area contributed by atoms with Crippen LogP contribution in [0.5, 0.6) is 0 Å². The minimum Gasteiger partial charge on any atom is -0.366 e. The molecule has 6 heteroatoms. The Bertz CT molecular complexity index is 709.